The summed E-state index contributed by atoms with van der Waals surface area (Å²) in [5.74, 6) is 0.871. The Morgan fingerprint density at radius 1 is 1.00 bits per heavy atom. The van der Waals surface area contributed by atoms with E-state index in [1.54, 1.807) is 0 Å². The number of likely N-dealkylation sites (tertiary alicyclic amines) is 1. The van der Waals surface area contributed by atoms with Gasteiger partial charge in [-0.3, -0.25) is 9.59 Å². The number of amides is 2. The maximum atomic E-state index is 12.5. The molecule has 4 rings (SSSR count). The van der Waals surface area contributed by atoms with Crippen LogP contribution in [0.25, 0.3) is 0 Å². The molecule has 0 radical (unpaired) electrons. The van der Waals surface area contributed by atoms with Crippen LogP contribution in [-0.2, 0) is 16.0 Å². The Morgan fingerprint density at radius 2 is 1.71 bits per heavy atom. The molecule has 0 aromatic heterocycles. The molecule has 2 aromatic rings. The highest BCUT2D eigenvalue weighted by Crippen LogP contribution is 2.38. The lowest BCUT2D eigenvalue weighted by Gasteiger charge is -2.30. The zero-order valence-electron chi connectivity index (χ0n) is 20.3. The van der Waals surface area contributed by atoms with Crippen molar-refractivity contribution in [2.24, 2.45) is 11.7 Å². The molecule has 0 bridgehead atoms. The number of halogens is 1. The summed E-state index contributed by atoms with van der Waals surface area (Å²) in [6, 6.07) is 13.7. The van der Waals surface area contributed by atoms with Crippen molar-refractivity contribution in [3.05, 3.63) is 58.6 Å². The number of nitrogens with two attached hydrogens (primary N) is 1. The Kier molecular flexibility index (Phi) is 9.05. The summed E-state index contributed by atoms with van der Waals surface area (Å²) in [4.78, 5) is 26.2. The molecule has 2 fully saturated rings. The van der Waals surface area contributed by atoms with Crippen LogP contribution in [0, 0.1) is 5.92 Å². The predicted octanol–water partition coefficient (Wildman–Crippen LogP) is 5.15. The molecule has 1 saturated carbocycles. The van der Waals surface area contributed by atoms with Gasteiger partial charge in [-0.25, -0.2) is 0 Å². The van der Waals surface area contributed by atoms with Crippen LogP contribution in [-0.4, -0.2) is 43.0 Å². The maximum Gasteiger partial charge on any atom is 0.262 e. The van der Waals surface area contributed by atoms with Gasteiger partial charge in [0.05, 0.1) is 0 Å². The summed E-state index contributed by atoms with van der Waals surface area (Å²) < 4.78 is 5.93. The molecule has 188 valence electrons. The third-order valence-electron chi connectivity index (χ3n) is 7.32. The van der Waals surface area contributed by atoms with Crippen LogP contribution in [0.2, 0.25) is 5.02 Å². The number of carbonyl (C=O) groups excluding carboxylic acids is 2. The Bertz CT molecular complexity index is 997. The van der Waals surface area contributed by atoms with E-state index < -0.39 is 0 Å². The molecule has 1 aliphatic heterocycles. The second-order valence-electron chi connectivity index (χ2n) is 9.82. The number of nitrogens with one attached hydrogen (secondary N) is 1. The van der Waals surface area contributed by atoms with Gasteiger partial charge >= 0.3 is 0 Å². The number of hydrogen-bond acceptors (Lipinski definition) is 4. The number of piperidine rings is 1. The minimum absolute atomic E-state index is 0.0247. The second-order valence-corrected chi connectivity index (χ2v) is 10.3. The summed E-state index contributed by atoms with van der Waals surface area (Å²) >= 11 is 6.25. The van der Waals surface area contributed by atoms with Crippen molar-refractivity contribution in [1.29, 1.82) is 0 Å². The standard InChI is InChI=1S/C28H36ClN3O3/c29-23-8-11-26(25(18-23)21-4-2-1-3-5-21)35-19-27(33)31-24-9-6-20(7-10-24)12-15-32-16-13-22(14-17-32)28(30)34/h6-11,18,21-22H,1-5,12-17,19H2,(H2,30,34)(H,31,33). The molecule has 0 unspecified atom stereocenters. The van der Waals surface area contributed by atoms with E-state index >= 15 is 0 Å². The number of anilines is 1. The molecule has 0 atom stereocenters. The van der Waals surface area contributed by atoms with Gasteiger partial charge in [-0.15, -0.1) is 0 Å². The largest absolute Gasteiger partial charge is 0.483 e. The minimum atomic E-state index is -0.181. The fourth-order valence-electron chi connectivity index (χ4n) is 5.21. The van der Waals surface area contributed by atoms with Crippen molar-refractivity contribution < 1.29 is 14.3 Å². The molecule has 6 nitrogen and oxygen atoms in total. The minimum Gasteiger partial charge on any atom is -0.483 e. The average molecular weight is 498 g/mol. The lowest BCUT2D eigenvalue weighted by Crippen LogP contribution is -2.39. The molecule has 1 aliphatic carbocycles. The summed E-state index contributed by atoms with van der Waals surface area (Å²) in [6.45, 7) is 2.75. The lowest BCUT2D eigenvalue weighted by atomic mass is 9.84. The molecule has 2 aliphatic rings. The van der Waals surface area contributed by atoms with Crippen LogP contribution in [0.15, 0.2) is 42.5 Å². The van der Waals surface area contributed by atoms with Crippen molar-refractivity contribution in [2.75, 3.05) is 31.6 Å². The molecule has 0 spiro atoms. The first-order chi connectivity index (χ1) is 17.0. The van der Waals surface area contributed by atoms with E-state index in [0.717, 1.165) is 68.7 Å². The van der Waals surface area contributed by atoms with E-state index in [-0.39, 0.29) is 24.3 Å². The normalized spacial score (nSPS) is 17.7. The van der Waals surface area contributed by atoms with E-state index in [1.807, 2.05) is 42.5 Å². The van der Waals surface area contributed by atoms with Gasteiger partial charge in [0.2, 0.25) is 5.91 Å². The van der Waals surface area contributed by atoms with E-state index in [9.17, 15) is 9.59 Å². The molecule has 35 heavy (non-hydrogen) atoms. The summed E-state index contributed by atoms with van der Waals surface area (Å²) in [5.41, 5.74) is 8.51. The lowest BCUT2D eigenvalue weighted by molar-refractivity contribution is -0.123. The van der Waals surface area contributed by atoms with Gasteiger partial charge in [-0.1, -0.05) is 43.0 Å². The van der Waals surface area contributed by atoms with Gasteiger partial charge in [0, 0.05) is 23.2 Å². The first-order valence-electron chi connectivity index (χ1n) is 12.8. The topological polar surface area (TPSA) is 84.7 Å². The quantitative estimate of drug-likeness (QED) is 0.502. The highest BCUT2D eigenvalue weighted by Gasteiger charge is 2.23. The van der Waals surface area contributed by atoms with Crippen molar-refractivity contribution in [2.45, 2.75) is 57.3 Å². The smallest absolute Gasteiger partial charge is 0.262 e. The van der Waals surface area contributed by atoms with Gasteiger partial charge in [-0.05, 0) is 92.6 Å². The number of carbonyl (C=O) groups is 2. The Balaban J connectivity index is 1.23. The third-order valence-corrected chi connectivity index (χ3v) is 7.56. The zero-order valence-corrected chi connectivity index (χ0v) is 21.1. The second kappa shape index (κ2) is 12.4. The molecular weight excluding hydrogens is 462 g/mol. The van der Waals surface area contributed by atoms with Crippen LogP contribution in [0.1, 0.15) is 62.0 Å². The van der Waals surface area contributed by atoms with Gasteiger partial charge in [0.15, 0.2) is 6.61 Å². The molecule has 2 amide bonds. The van der Waals surface area contributed by atoms with Crippen LogP contribution >= 0.6 is 11.6 Å². The highest BCUT2D eigenvalue weighted by molar-refractivity contribution is 6.30. The highest BCUT2D eigenvalue weighted by atomic mass is 35.5. The molecule has 7 heteroatoms. The first kappa shape index (κ1) is 25.5. The number of nitrogens with zero attached hydrogens (tertiary/aromatic N) is 1. The predicted molar refractivity (Wildman–Crippen MR) is 140 cm³/mol. The monoisotopic (exact) mass is 497 g/mol. The zero-order chi connectivity index (χ0) is 24.6. The van der Waals surface area contributed by atoms with Crippen molar-refractivity contribution >= 4 is 29.1 Å². The van der Waals surface area contributed by atoms with Crippen molar-refractivity contribution in [3.63, 3.8) is 0 Å². The van der Waals surface area contributed by atoms with E-state index in [4.69, 9.17) is 22.1 Å². The van der Waals surface area contributed by atoms with Crippen molar-refractivity contribution in [1.82, 2.24) is 4.90 Å². The Labute approximate surface area is 213 Å². The van der Waals surface area contributed by atoms with Gasteiger partial charge in [0.1, 0.15) is 5.75 Å². The van der Waals surface area contributed by atoms with Crippen LogP contribution in [0.5, 0.6) is 5.75 Å². The maximum absolute atomic E-state index is 12.5. The van der Waals surface area contributed by atoms with Gasteiger partial charge in [-0.2, -0.15) is 0 Å². The third kappa shape index (κ3) is 7.45. The number of ether oxygens (including phenoxy) is 1. The van der Waals surface area contributed by atoms with Crippen LogP contribution < -0.4 is 15.8 Å². The summed E-state index contributed by atoms with van der Waals surface area (Å²) in [6.07, 6.45) is 8.63. The molecule has 2 aromatic carbocycles. The SMILES string of the molecule is NC(=O)C1CCN(CCc2ccc(NC(=O)COc3ccc(Cl)cc3C3CCCCC3)cc2)CC1. The van der Waals surface area contributed by atoms with E-state index in [2.05, 4.69) is 10.2 Å². The van der Waals surface area contributed by atoms with Crippen LogP contribution in [0.4, 0.5) is 5.69 Å². The number of benzene rings is 2. The Morgan fingerprint density at radius 3 is 2.40 bits per heavy atom. The number of rotatable bonds is 9. The van der Waals surface area contributed by atoms with Gasteiger partial charge < -0.3 is 20.7 Å². The molecule has 1 saturated heterocycles. The molecule has 1 heterocycles. The molecular formula is C28H36ClN3O3. The summed E-state index contributed by atoms with van der Waals surface area (Å²) in [7, 11) is 0. The van der Waals surface area contributed by atoms with Gasteiger partial charge in [0.25, 0.3) is 5.91 Å². The van der Waals surface area contributed by atoms with Crippen LogP contribution in [0.3, 0.4) is 0 Å². The fourth-order valence-corrected chi connectivity index (χ4v) is 5.39. The fraction of sp³-hybridized carbons (Fsp3) is 0.500. The molecule has 3 N–H and O–H groups in total. The van der Waals surface area contributed by atoms with Crippen molar-refractivity contribution in [3.8, 4) is 5.75 Å². The average Bonchev–Trinajstić information content (AvgIpc) is 2.88. The first-order valence-corrected chi connectivity index (χ1v) is 13.2. The number of primary amides is 1. The summed E-state index contributed by atoms with van der Waals surface area (Å²) in [5, 5.41) is 3.63. The number of hydrogen-bond donors (Lipinski definition) is 2. The van der Waals surface area contributed by atoms with E-state index in [1.165, 1.54) is 24.8 Å². The Hall–Kier alpha value is -2.57. The van der Waals surface area contributed by atoms with E-state index in [0.29, 0.717) is 10.9 Å².